The normalized spacial score (nSPS) is 30.1. The molecule has 0 bridgehead atoms. The summed E-state index contributed by atoms with van der Waals surface area (Å²) in [5.74, 6) is -0.224. The zero-order chi connectivity index (χ0) is 11.5. The van der Waals surface area contributed by atoms with E-state index in [9.17, 15) is 4.79 Å². The summed E-state index contributed by atoms with van der Waals surface area (Å²) in [5, 5.41) is 0. The quantitative estimate of drug-likeness (QED) is 0.751. The highest BCUT2D eigenvalue weighted by atomic mass is 16.5. The van der Waals surface area contributed by atoms with E-state index < -0.39 is 0 Å². The average molecular weight is 214 g/mol. The standard InChI is InChI=1S/C11H22N2O2/c1-4-9(10(12)14)13-7-5-6-11(2,8-13)15-3/h9H,4-8H2,1-3H3,(H2,12,14). The average Bonchev–Trinajstić information content (AvgIpc) is 2.18. The van der Waals surface area contributed by atoms with Gasteiger partial charge in [0.1, 0.15) is 0 Å². The van der Waals surface area contributed by atoms with E-state index in [0.29, 0.717) is 0 Å². The molecule has 1 aliphatic heterocycles. The van der Waals surface area contributed by atoms with Crippen LogP contribution >= 0.6 is 0 Å². The van der Waals surface area contributed by atoms with Crippen molar-refractivity contribution in [3.05, 3.63) is 0 Å². The zero-order valence-corrected chi connectivity index (χ0v) is 9.95. The van der Waals surface area contributed by atoms with Crippen LogP contribution in [0.4, 0.5) is 0 Å². The Labute approximate surface area is 91.8 Å². The van der Waals surface area contributed by atoms with Crippen LogP contribution in [-0.2, 0) is 9.53 Å². The number of nitrogens with two attached hydrogens (primary N) is 1. The molecule has 0 radical (unpaired) electrons. The Morgan fingerprint density at radius 2 is 2.33 bits per heavy atom. The van der Waals surface area contributed by atoms with Gasteiger partial charge >= 0.3 is 0 Å². The van der Waals surface area contributed by atoms with Crippen molar-refractivity contribution in [1.29, 1.82) is 0 Å². The summed E-state index contributed by atoms with van der Waals surface area (Å²) >= 11 is 0. The Bertz CT molecular complexity index is 233. The van der Waals surface area contributed by atoms with Gasteiger partial charge in [0.05, 0.1) is 11.6 Å². The molecule has 2 atom stereocenters. The van der Waals surface area contributed by atoms with Crippen molar-refractivity contribution in [3.63, 3.8) is 0 Å². The molecule has 0 aromatic carbocycles. The first kappa shape index (κ1) is 12.5. The van der Waals surface area contributed by atoms with Gasteiger partial charge in [0.2, 0.25) is 5.91 Å². The molecule has 0 spiro atoms. The van der Waals surface area contributed by atoms with Crippen LogP contribution in [0.2, 0.25) is 0 Å². The van der Waals surface area contributed by atoms with E-state index in [4.69, 9.17) is 10.5 Å². The third kappa shape index (κ3) is 2.92. The molecule has 2 N–H and O–H groups in total. The minimum absolute atomic E-state index is 0.124. The van der Waals surface area contributed by atoms with Gasteiger partial charge in [-0.3, -0.25) is 9.69 Å². The van der Waals surface area contributed by atoms with Crippen molar-refractivity contribution in [1.82, 2.24) is 4.90 Å². The van der Waals surface area contributed by atoms with Crippen LogP contribution in [0.5, 0.6) is 0 Å². The summed E-state index contributed by atoms with van der Waals surface area (Å²) in [6.07, 6.45) is 2.89. The molecule has 88 valence electrons. The van der Waals surface area contributed by atoms with E-state index in [0.717, 1.165) is 32.4 Å². The number of methoxy groups -OCH3 is 1. The van der Waals surface area contributed by atoms with Crippen molar-refractivity contribution in [3.8, 4) is 0 Å². The third-order valence-electron chi connectivity index (χ3n) is 3.34. The van der Waals surface area contributed by atoms with Crippen LogP contribution in [0.25, 0.3) is 0 Å². The molecule has 1 fully saturated rings. The smallest absolute Gasteiger partial charge is 0.234 e. The van der Waals surface area contributed by atoms with Gasteiger partial charge in [-0.1, -0.05) is 6.92 Å². The largest absolute Gasteiger partial charge is 0.377 e. The molecule has 15 heavy (non-hydrogen) atoms. The summed E-state index contributed by atoms with van der Waals surface area (Å²) in [5.41, 5.74) is 5.26. The Morgan fingerprint density at radius 3 is 2.80 bits per heavy atom. The molecule has 0 saturated carbocycles. The molecule has 4 heteroatoms. The topological polar surface area (TPSA) is 55.6 Å². The summed E-state index contributed by atoms with van der Waals surface area (Å²) < 4.78 is 5.49. The second kappa shape index (κ2) is 4.94. The van der Waals surface area contributed by atoms with Crippen LogP contribution in [0.1, 0.15) is 33.1 Å². The van der Waals surface area contributed by atoms with Crippen LogP contribution in [-0.4, -0.2) is 42.6 Å². The van der Waals surface area contributed by atoms with Gasteiger partial charge in [0.25, 0.3) is 0 Å². The lowest BCUT2D eigenvalue weighted by Crippen LogP contribution is -2.54. The molecule has 1 rings (SSSR count). The van der Waals surface area contributed by atoms with E-state index >= 15 is 0 Å². The first-order valence-electron chi connectivity index (χ1n) is 5.61. The number of piperidine rings is 1. The minimum atomic E-state index is -0.224. The lowest BCUT2D eigenvalue weighted by Gasteiger charge is -2.42. The molecular weight excluding hydrogens is 192 g/mol. The van der Waals surface area contributed by atoms with Gasteiger partial charge in [-0.2, -0.15) is 0 Å². The highest BCUT2D eigenvalue weighted by Crippen LogP contribution is 2.25. The number of hydrogen-bond donors (Lipinski definition) is 1. The van der Waals surface area contributed by atoms with Gasteiger partial charge in [-0.15, -0.1) is 0 Å². The fourth-order valence-electron chi connectivity index (χ4n) is 2.32. The Balaban J connectivity index is 2.66. The number of nitrogens with zero attached hydrogens (tertiary/aromatic N) is 1. The van der Waals surface area contributed by atoms with Crippen LogP contribution in [0, 0.1) is 0 Å². The predicted molar refractivity (Wildman–Crippen MR) is 59.5 cm³/mol. The number of rotatable bonds is 4. The fourth-order valence-corrected chi connectivity index (χ4v) is 2.32. The molecule has 0 aromatic heterocycles. The Hall–Kier alpha value is -0.610. The fraction of sp³-hybridized carbons (Fsp3) is 0.909. The lowest BCUT2D eigenvalue weighted by molar-refractivity contribution is -0.127. The molecule has 0 aromatic rings. The van der Waals surface area contributed by atoms with Crippen molar-refractivity contribution < 1.29 is 9.53 Å². The summed E-state index contributed by atoms with van der Waals surface area (Å²) in [7, 11) is 1.73. The number of carbonyl (C=O) groups excluding carboxylic acids is 1. The molecule has 1 aliphatic rings. The van der Waals surface area contributed by atoms with Crippen molar-refractivity contribution in [2.45, 2.75) is 44.8 Å². The monoisotopic (exact) mass is 214 g/mol. The van der Waals surface area contributed by atoms with E-state index in [1.165, 1.54) is 0 Å². The first-order valence-corrected chi connectivity index (χ1v) is 5.61. The molecule has 1 amide bonds. The second-order valence-electron chi connectivity index (χ2n) is 4.55. The highest BCUT2D eigenvalue weighted by Gasteiger charge is 2.34. The zero-order valence-electron chi connectivity index (χ0n) is 9.95. The van der Waals surface area contributed by atoms with Crippen LogP contribution in [0.15, 0.2) is 0 Å². The van der Waals surface area contributed by atoms with Crippen LogP contribution < -0.4 is 5.73 Å². The molecule has 0 aliphatic carbocycles. The van der Waals surface area contributed by atoms with Crippen molar-refractivity contribution in [2.24, 2.45) is 5.73 Å². The maximum atomic E-state index is 11.3. The summed E-state index contributed by atoms with van der Waals surface area (Å²) in [6.45, 7) is 5.83. The van der Waals surface area contributed by atoms with Gasteiger partial charge in [0.15, 0.2) is 0 Å². The third-order valence-corrected chi connectivity index (χ3v) is 3.34. The molecule has 1 heterocycles. The van der Waals surface area contributed by atoms with E-state index in [1.54, 1.807) is 7.11 Å². The second-order valence-corrected chi connectivity index (χ2v) is 4.55. The molecule has 1 saturated heterocycles. The number of ether oxygens (including phenoxy) is 1. The van der Waals surface area contributed by atoms with Gasteiger partial charge < -0.3 is 10.5 Å². The number of hydrogen-bond acceptors (Lipinski definition) is 3. The maximum absolute atomic E-state index is 11.3. The highest BCUT2D eigenvalue weighted by molar-refractivity contribution is 5.79. The summed E-state index contributed by atoms with van der Waals surface area (Å²) in [6, 6.07) is -0.139. The van der Waals surface area contributed by atoms with E-state index in [-0.39, 0.29) is 17.6 Å². The van der Waals surface area contributed by atoms with Crippen LogP contribution in [0.3, 0.4) is 0 Å². The van der Waals surface area contributed by atoms with Crippen molar-refractivity contribution >= 4 is 5.91 Å². The maximum Gasteiger partial charge on any atom is 0.234 e. The van der Waals surface area contributed by atoms with Gasteiger partial charge in [-0.05, 0) is 32.7 Å². The molecular formula is C11H22N2O2. The number of amides is 1. The predicted octanol–water partition coefficient (Wildman–Crippen LogP) is 0.751. The number of likely N-dealkylation sites (tertiary alicyclic amines) is 1. The number of primary amides is 1. The van der Waals surface area contributed by atoms with E-state index in [2.05, 4.69) is 11.8 Å². The first-order chi connectivity index (χ1) is 7.02. The van der Waals surface area contributed by atoms with E-state index in [1.807, 2.05) is 6.92 Å². The Kier molecular flexibility index (Phi) is 4.11. The molecule has 4 nitrogen and oxygen atoms in total. The summed E-state index contributed by atoms with van der Waals surface area (Å²) in [4.78, 5) is 13.4. The SMILES string of the molecule is CCC(C(N)=O)N1CCCC(C)(OC)C1. The van der Waals surface area contributed by atoms with Gasteiger partial charge in [0, 0.05) is 13.7 Å². The lowest BCUT2D eigenvalue weighted by atomic mass is 9.93. The Morgan fingerprint density at radius 1 is 1.67 bits per heavy atom. The van der Waals surface area contributed by atoms with Gasteiger partial charge in [-0.25, -0.2) is 0 Å². The molecule has 2 unspecified atom stereocenters. The number of carbonyl (C=O) groups is 1. The minimum Gasteiger partial charge on any atom is -0.377 e. The van der Waals surface area contributed by atoms with Crippen molar-refractivity contribution in [2.75, 3.05) is 20.2 Å².